The van der Waals surface area contributed by atoms with Crippen LogP contribution in [0.5, 0.6) is 5.75 Å². The van der Waals surface area contributed by atoms with Crippen LogP contribution in [0.15, 0.2) is 0 Å². The lowest BCUT2D eigenvalue weighted by Gasteiger charge is -2.10. The fourth-order valence-electron chi connectivity index (χ4n) is 2.73. The van der Waals surface area contributed by atoms with Gasteiger partial charge in [-0.3, -0.25) is 9.59 Å². The lowest BCUT2D eigenvalue weighted by molar-refractivity contribution is -0.145. The van der Waals surface area contributed by atoms with Gasteiger partial charge in [-0.05, 0) is 19.3 Å². The van der Waals surface area contributed by atoms with E-state index in [1.807, 2.05) is 6.92 Å². The summed E-state index contributed by atoms with van der Waals surface area (Å²) >= 11 is 0. The molecule has 0 radical (unpaired) electrons. The van der Waals surface area contributed by atoms with Crippen LogP contribution in [0.1, 0.15) is 71.1 Å². The van der Waals surface area contributed by atoms with Gasteiger partial charge in [0.25, 0.3) is 0 Å². The highest BCUT2D eigenvalue weighted by Gasteiger charge is 2.27. The van der Waals surface area contributed by atoms with Crippen LogP contribution in [0.2, 0.25) is 0 Å². The molecule has 5 nitrogen and oxygen atoms in total. The third-order valence-corrected chi connectivity index (χ3v) is 4.54. The van der Waals surface area contributed by atoms with Gasteiger partial charge in [0.2, 0.25) is 29.1 Å². The first-order valence-electron chi connectivity index (χ1n) is 10.7. The topological polar surface area (TPSA) is 61.8 Å². The van der Waals surface area contributed by atoms with E-state index in [-0.39, 0.29) is 12.4 Å². The molecule has 0 N–H and O–H groups in total. The van der Waals surface area contributed by atoms with E-state index in [2.05, 4.69) is 4.74 Å². The molecule has 10 heteroatoms. The van der Waals surface area contributed by atoms with Gasteiger partial charge in [0, 0.05) is 12.8 Å². The van der Waals surface area contributed by atoms with Crippen molar-refractivity contribution in [2.24, 2.45) is 0 Å². The third-order valence-electron chi connectivity index (χ3n) is 4.54. The van der Waals surface area contributed by atoms with Gasteiger partial charge in [-0.15, -0.1) is 0 Å². The average Bonchev–Trinajstić information content (AvgIpc) is 2.77. The Morgan fingerprint density at radius 1 is 0.594 bits per heavy atom. The van der Waals surface area contributed by atoms with Crippen molar-refractivity contribution < 1.29 is 45.8 Å². The molecule has 0 saturated carbocycles. The molecule has 0 aliphatic heterocycles. The molecule has 0 unspecified atom stereocenters. The summed E-state index contributed by atoms with van der Waals surface area (Å²) in [5.74, 6) is -12.8. The number of ether oxygens (including phenoxy) is 3. The normalized spacial score (nSPS) is 10.8. The van der Waals surface area contributed by atoms with E-state index in [1.54, 1.807) is 0 Å². The number of hydrogen-bond donors (Lipinski definition) is 0. The van der Waals surface area contributed by atoms with Gasteiger partial charge in [0.05, 0.1) is 6.61 Å². The predicted octanol–water partition coefficient (Wildman–Crippen LogP) is 5.77. The number of carbonyl (C=O) groups is 2. The second kappa shape index (κ2) is 15.4. The molecule has 1 aromatic rings. The third kappa shape index (κ3) is 9.82. The molecule has 1 aromatic carbocycles. The lowest BCUT2D eigenvalue weighted by atomic mass is 10.1. The summed E-state index contributed by atoms with van der Waals surface area (Å²) in [6, 6.07) is 0. The van der Waals surface area contributed by atoms with E-state index in [1.165, 1.54) is 0 Å². The van der Waals surface area contributed by atoms with Gasteiger partial charge in [-0.1, -0.05) is 39.0 Å². The van der Waals surface area contributed by atoms with Gasteiger partial charge in [-0.25, -0.2) is 13.2 Å². The molecular weight excluding hydrogens is 439 g/mol. The maximum absolute atomic E-state index is 13.4. The van der Waals surface area contributed by atoms with Crippen molar-refractivity contribution in [2.75, 3.05) is 19.8 Å². The van der Waals surface area contributed by atoms with Crippen molar-refractivity contribution in [3.63, 3.8) is 0 Å². The predicted molar refractivity (Wildman–Crippen MR) is 105 cm³/mol. The highest BCUT2D eigenvalue weighted by atomic mass is 19.2. The Labute approximate surface area is 184 Å². The zero-order valence-corrected chi connectivity index (χ0v) is 18.1. The second-order valence-corrected chi connectivity index (χ2v) is 7.16. The SMILES string of the molecule is CCCCOC(=O)CCCCCCCCC(=O)OCCOc1c(F)c(F)c(F)c(F)c1F. The minimum atomic E-state index is -2.27. The van der Waals surface area contributed by atoms with Crippen LogP contribution in [0, 0.1) is 29.1 Å². The Hall–Kier alpha value is -2.39. The van der Waals surface area contributed by atoms with Crippen molar-refractivity contribution in [3.8, 4) is 5.75 Å². The molecule has 182 valence electrons. The highest BCUT2D eigenvalue weighted by molar-refractivity contribution is 5.69. The van der Waals surface area contributed by atoms with E-state index in [0.717, 1.165) is 44.9 Å². The molecular formula is C22H29F5O5. The zero-order valence-electron chi connectivity index (χ0n) is 18.1. The molecule has 32 heavy (non-hydrogen) atoms. The number of carbonyl (C=O) groups excluding carboxylic acids is 2. The summed E-state index contributed by atoms with van der Waals surface area (Å²) in [4.78, 5) is 23.0. The molecule has 0 atom stereocenters. The van der Waals surface area contributed by atoms with E-state index in [9.17, 15) is 31.5 Å². The molecule has 0 aliphatic carbocycles. The van der Waals surface area contributed by atoms with Gasteiger partial charge >= 0.3 is 11.9 Å². The van der Waals surface area contributed by atoms with Crippen molar-refractivity contribution >= 4 is 11.9 Å². The fourth-order valence-corrected chi connectivity index (χ4v) is 2.73. The largest absolute Gasteiger partial charge is 0.484 e. The Bertz CT molecular complexity index is 713. The first-order chi connectivity index (χ1) is 15.3. The number of unbranched alkanes of at least 4 members (excludes halogenated alkanes) is 6. The van der Waals surface area contributed by atoms with E-state index < -0.39 is 54.0 Å². The number of hydrogen-bond acceptors (Lipinski definition) is 5. The highest BCUT2D eigenvalue weighted by Crippen LogP contribution is 2.28. The van der Waals surface area contributed by atoms with E-state index in [4.69, 9.17) is 9.47 Å². The Morgan fingerprint density at radius 3 is 1.53 bits per heavy atom. The Morgan fingerprint density at radius 2 is 1.03 bits per heavy atom. The van der Waals surface area contributed by atoms with Crippen LogP contribution in [0.25, 0.3) is 0 Å². The molecule has 0 bridgehead atoms. The van der Waals surface area contributed by atoms with Crippen molar-refractivity contribution in [3.05, 3.63) is 29.1 Å². The summed E-state index contributed by atoms with van der Waals surface area (Å²) in [7, 11) is 0. The van der Waals surface area contributed by atoms with Crippen molar-refractivity contribution in [1.29, 1.82) is 0 Å². The number of halogens is 5. The van der Waals surface area contributed by atoms with Gasteiger partial charge < -0.3 is 14.2 Å². The van der Waals surface area contributed by atoms with E-state index >= 15 is 0 Å². The minimum Gasteiger partial charge on any atom is -0.484 e. The summed E-state index contributed by atoms with van der Waals surface area (Å²) in [5, 5.41) is 0. The molecule has 0 saturated heterocycles. The van der Waals surface area contributed by atoms with Crippen molar-refractivity contribution in [1.82, 2.24) is 0 Å². The monoisotopic (exact) mass is 468 g/mol. The quantitative estimate of drug-likeness (QED) is 0.101. The summed E-state index contributed by atoms with van der Waals surface area (Å²) in [6.45, 7) is 1.53. The molecule has 1 rings (SSSR count). The zero-order chi connectivity index (χ0) is 23.9. The van der Waals surface area contributed by atoms with Crippen LogP contribution in [0.3, 0.4) is 0 Å². The van der Waals surface area contributed by atoms with Crippen LogP contribution in [-0.4, -0.2) is 31.8 Å². The van der Waals surface area contributed by atoms with Crippen LogP contribution >= 0.6 is 0 Å². The molecule has 0 spiro atoms. The first-order valence-corrected chi connectivity index (χ1v) is 10.7. The number of rotatable bonds is 16. The fraction of sp³-hybridized carbons (Fsp3) is 0.636. The smallest absolute Gasteiger partial charge is 0.305 e. The van der Waals surface area contributed by atoms with E-state index in [0.29, 0.717) is 19.4 Å². The lowest BCUT2D eigenvalue weighted by Crippen LogP contribution is -2.14. The van der Waals surface area contributed by atoms with Gasteiger partial charge in [0.1, 0.15) is 13.2 Å². The molecule has 0 fully saturated rings. The molecule has 0 heterocycles. The minimum absolute atomic E-state index is 0.131. The summed E-state index contributed by atoms with van der Waals surface area (Å²) in [5.41, 5.74) is 0. The Balaban J connectivity index is 2.08. The van der Waals surface area contributed by atoms with Crippen LogP contribution < -0.4 is 4.74 Å². The maximum Gasteiger partial charge on any atom is 0.305 e. The molecule has 0 amide bonds. The summed E-state index contributed by atoms with van der Waals surface area (Å²) < 4.78 is 80.3. The second-order valence-electron chi connectivity index (χ2n) is 7.16. The first kappa shape index (κ1) is 27.6. The average molecular weight is 468 g/mol. The van der Waals surface area contributed by atoms with Crippen LogP contribution in [-0.2, 0) is 19.1 Å². The summed E-state index contributed by atoms with van der Waals surface area (Å²) in [6.07, 6.45) is 7.22. The molecule has 0 aromatic heterocycles. The van der Waals surface area contributed by atoms with Gasteiger partial charge in [0.15, 0.2) is 5.75 Å². The standard InChI is InChI=1S/C22H29F5O5/c1-2-3-12-30-15(28)10-8-6-4-5-7-9-11-16(29)31-13-14-32-22-20(26)18(24)17(23)19(25)21(22)27/h2-14H2,1H3. The van der Waals surface area contributed by atoms with Crippen LogP contribution in [0.4, 0.5) is 22.0 Å². The Kier molecular flexibility index (Phi) is 13.3. The maximum atomic E-state index is 13.4. The molecule has 0 aliphatic rings. The number of esters is 2. The van der Waals surface area contributed by atoms with Gasteiger partial charge in [-0.2, -0.15) is 8.78 Å². The number of benzene rings is 1. The van der Waals surface area contributed by atoms with Crippen molar-refractivity contribution in [2.45, 2.75) is 71.1 Å².